The zero-order valence-electron chi connectivity index (χ0n) is 16.2. The Labute approximate surface area is 162 Å². The number of methoxy groups -OCH3 is 1. The van der Waals surface area contributed by atoms with Gasteiger partial charge in [-0.3, -0.25) is 5.32 Å². The number of amides is 2. The van der Waals surface area contributed by atoms with Crippen LogP contribution in [0.5, 0.6) is 0 Å². The first kappa shape index (κ1) is 18.4. The lowest BCUT2D eigenvalue weighted by Crippen LogP contribution is -2.30. The Morgan fingerprint density at radius 3 is 2.86 bits per heavy atom. The molecule has 8 nitrogen and oxygen atoms in total. The van der Waals surface area contributed by atoms with Crippen molar-refractivity contribution in [1.29, 1.82) is 0 Å². The van der Waals surface area contributed by atoms with Crippen LogP contribution >= 0.6 is 0 Å². The lowest BCUT2D eigenvalue weighted by Gasteiger charge is -2.26. The average Bonchev–Trinajstić information content (AvgIpc) is 3.26. The molecule has 3 aromatic heterocycles. The minimum absolute atomic E-state index is 0.393. The van der Waals surface area contributed by atoms with Crippen LogP contribution < -0.4 is 11.1 Å². The molecule has 2 amide bonds. The first-order valence-corrected chi connectivity index (χ1v) is 9.08. The summed E-state index contributed by atoms with van der Waals surface area (Å²) in [6, 6.07) is 5.20. The molecule has 0 unspecified atom stereocenters. The maximum Gasteiger partial charge on any atom is 0.317 e. The van der Waals surface area contributed by atoms with Gasteiger partial charge in [-0.25, -0.2) is 14.8 Å². The van der Waals surface area contributed by atoms with E-state index in [4.69, 9.17) is 20.2 Å². The Morgan fingerprint density at radius 1 is 1.36 bits per heavy atom. The van der Waals surface area contributed by atoms with Crippen molar-refractivity contribution < 1.29 is 14.3 Å². The molecule has 8 heteroatoms. The number of primary amides is 1. The van der Waals surface area contributed by atoms with E-state index in [1.807, 2.05) is 36.7 Å². The van der Waals surface area contributed by atoms with Crippen molar-refractivity contribution in [3.8, 4) is 5.82 Å². The van der Waals surface area contributed by atoms with Crippen LogP contribution in [0, 0.1) is 13.8 Å². The number of urea groups is 1. The number of carbonyl (C=O) groups excluding carboxylic acids is 1. The van der Waals surface area contributed by atoms with E-state index < -0.39 is 11.6 Å². The normalized spacial score (nSPS) is 19.2. The number of aryl methyl sites for hydroxylation is 2. The number of carbonyl (C=O) groups is 1. The maximum absolute atomic E-state index is 11.2. The number of pyridine rings is 2. The molecule has 146 valence electrons. The van der Waals surface area contributed by atoms with Crippen LogP contribution in [0.3, 0.4) is 0 Å². The third kappa shape index (κ3) is 3.10. The van der Waals surface area contributed by atoms with E-state index in [1.165, 1.54) is 0 Å². The number of aromatic nitrogens is 3. The molecule has 0 radical (unpaired) electrons. The van der Waals surface area contributed by atoms with Gasteiger partial charge in [0.25, 0.3) is 0 Å². The molecule has 1 aliphatic heterocycles. The fraction of sp³-hybridized carbons (Fsp3) is 0.350. The molecule has 0 bridgehead atoms. The standard InChI is InChI=1S/C20H23N5O3/c1-12-6-16(20(27-3)4-5-28-11-20)23-18(7-12)25-10-13(2)14-9-22-17(8-15(14)25)24-19(21)26/h6-10H,4-5,11H2,1-3H3,(H3,21,22,24,26)/t20-/m1/s1. The van der Waals surface area contributed by atoms with Crippen LogP contribution in [0.2, 0.25) is 0 Å². The molecular weight excluding hydrogens is 358 g/mol. The Hall–Kier alpha value is -2.97. The van der Waals surface area contributed by atoms with E-state index in [2.05, 4.69) is 10.3 Å². The molecule has 1 fully saturated rings. The summed E-state index contributed by atoms with van der Waals surface area (Å²) < 4.78 is 13.4. The minimum atomic E-state index is -0.652. The van der Waals surface area contributed by atoms with Crippen LogP contribution in [0.25, 0.3) is 16.7 Å². The van der Waals surface area contributed by atoms with Gasteiger partial charge in [-0.05, 0) is 37.1 Å². The van der Waals surface area contributed by atoms with Crippen molar-refractivity contribution in [2.24, 2.45) is 5.73 Å². The molecular formula is C20H23N5O3. The van der Waals surface area contributed by atoms with Gasteiger partial charge < -0.3 is 19.8 Å². The number of nitrogens with zero attached hydrogens (tertiary/aromatic N) is 3. The smallest absolute Gasteiger partial charge is 0.317 e. The van der Waals surface area contributed by atoms with Gasteiger partial charge in [0, 0.05) is 44.0 Å². The summed E-state index contributed by atoms with van der Waals surface area (Å²) in [7, 11) is 1.70. The predicted octanol–water partition coefficient (Wildman–Crippen LogP) is 2.79. The molecule has 4 heterocycles. The molecule has 0 aliphatic carbocycles. The van der Waals surface area contributed by atoms with Gasteiger partial charge in [-0.2, -0.15) is 0 Å². The molecule has 1 saturated heterocycles. The Balaban J connectivity index is 1.87. The zero-order valence-corrected chi connectivity index (χ0v) is 16.2. The van der Waals surface area contributed by atoms with E-state index in [1.54, 1.807) is 19.4 Å². The van der Waals surface area contributed by atoms with Gasteiger partial charge in [-0.15, -0.1) is 0 Å². The number of rotatable bonds is 4. The van der Waals surface area contributed by atoms with Gasteiger partial charge in [0.05, 0.1) is 17.8 Å². The number of fused-ring (bicyclic) bond motifs is 1. The van der Waals surface area contributed by atoms with E-state index in [0.717, 1.165) is 40.0 Å². The lowest BCUT2D eigenvalue weighted by molar-refractivity contribution is -0.0246. The summed E-state index contributed by atoms with van der Waals surface area (Å²) in [5, 5.41) is 3.50. The van der Waals surface area contributed by atoms with Crippen LogP contribution in [-0.4, -0.2) is 40.9 Å². The monoisotopic (exact) mass is 381 g/mol. The fourth-order valence-corrected chi connectivity index (χ4v) is 3.68. The van der Waals surface area contributed by atoms with Gasteiger partial charge in [0.15, 0.2) is 0 Å². The second-order valence-corrected chi connectivity index (χ2v) is 7.15. The molecule has 3 N–H and O–H groups in total. The highest BCUT2D eigenvalue weighted by molar-refractivity contribution is 5.91. The highest BCUT2D eigenvalue weighted by Gasteiger charge is 2.38. The van der Waals surface area contributed by atoms with Crippen molar-refractivity contribution in [3.05, 3.63) is 47.4 Å². The largest absolute Gasteiger partial charge is 0.378 e. The molecule has 0 aromatic carbocycles. The Morgan fingerprint density at radius 2 is 2.18 bits per heavy atom. The first-order valence-electron chi connectivity index (χ1n) is 9.08. The van der Waals surface area contributed by atoms with Crippen molar-refractivity contribution in [2.75, 3.05) is 25.6 Å². The van der Waals surface area contributed by atoms with Crippen LogP contribution in [0.1, 0.15) is 23.2 Å². The van der Waals surface area contributed by atoms with Gasteiger partial charge in [0.1, 0.15) is 17.2 Å². The lowest BCUT2D eigenvalue weighted by atomic mass is 9.97. The van der Waals surface area contributed by atoms with E-state index in [9.17, 15) is 4.79 Å². The number of nitrogens with one attached hydrogen (secondary N) is 1. The summed E-state index contributed by atoms with van der Waals surface area (Å²) in [6.07, 6.45) is 4.50. The summed E-state index contributed by atoms with van der Waals surface area (Å²) in [5.41, 5.74) is 8.57. The quantitative estimate of drug-likeness (QED) is 0.723. The van der Waals surface area contributed by atoms with Gasteiger partial charge in [-0.1, -0.05) is 0 Å². The zero-order chi connectivity index (χ0) is 19.9. The average molecular weight is 381 g/mol. The summed E-state index contributed by atoms with van der Waals surface area (Å²) in [4.78, 5) is 20.4. The van der Waals surface area contributed by atoms with Crippen molar-refractivity contribution in [2.45, 2.75) is 25.9 Å². The third-order valence-electron chi connectivity index (χ3n) is 5.19. The summed E-state index contributed by atoms with van der Waals surface area (Å²) in [6.45, 7) is 5.19. The highest BCUT2D eigenvalue weighted by Crippen LogP contribution is 2.34. The van der Waals surface area contributed by atoms with Gasteiger partial charge >= 0.3 is 6.03 Å². The minimum Gasteiger partial charge on any atom is -0.378 e. The summed E-state index contributed by atoms with van der Waals surface area (Å²) in [5.74, 6) is 1.16. The summed E-state index contributed by atoms with van der Waals surface area (Å²) >= 11 is 0. The molecule has 0 spiro atoms. The molecule has 0 saturated carbocycles. The molecule has 28 heavy (non-hydrogen) atoms. The molecule has 1 aliphatic rings. The SMILES string of the molecule is CO[C@]1(c2cc(C)cc(-n3cc(C)c4cnc(NC(N)=O)cc43)n2)CCOC1. The van der Waals surface area contributed by atoms with Crippen molar-refractivity contribution in [3.63, 3.8) is 0 Å². The maximum atomic E-state index is 11.2. The third-order valence-corrected chi connectivity index (χ3v) is 5.19. The molecule has 4 rings (SSSR count). The molecule has 3 aromatic rings. The van der Waals surface area contributed by atoms with E-state index >= 15 is 0 Å². The Bertz CT molecular complexity index is 1050. The predicted molar refractivity (Wildman–Crippen MR) is 106 cm³/mol. The van der Waals surface area contributed by atoms with Crippen LogP contribution in [-0.2, 0) is 15.1 Å². The first-order chi connectivity index (χ1) is 13.4. The number of hydrogen-bond acceptors (Lipinski definition) is 5. The number of nitrogens with two attached hydrogens (primary N) is 1. The van der Waals surface area contributed by atoms with E-state index in [0.29, 0.717) is 19.0 Å². The molecule has 1 atom stereocenters. The van der Waals surface area contributed by atoms with E-state index in [-0.39, 0.29) is 0 Å². The fourth-order valence-electron chi connectivity index (χ4n) is 3.68. The van der Waals surface area contributed by atoms with Crippen LogP contribution in [0.4, 0.5) is 10.6 Å². The number of hydrogen-bond donors (Lipinski definition) is 2. The second kappa shape index (κ2) is 6.88. The van der Waals surface area contributed by atoms with Crippen molar-refractivity contribution >= 4 is 22.8 Å². The topological polar surface area (TPSA) is 104 Å². The van der Waals surface area contributed by atoms with Crippen LogP contribution in [0.15, 0.2) is 30.6 Å². The second-order valence-electron chi connectivity index (χ2n) is 7.15. The number of ether oxygens (including phenoxy) is 2. The van der Waals surface area contributed by atoms with Crippen molar-refractivity contribution in [1.82, 2.24) is 14.5 Å². The number of anilines is 1. The van der Waals surface area contributed by atoms with Gasteiger partial charge in [0.2, 0.25) is 0 Å². The Kier molecular flexibility index (Phi) is 4.52. The highest BCUT2D eigenvalue weighted by atomic mass is 16.5.